The molecule has 2 aromatic carbocycles. The van der Waals surface area contributed by atoms with Crippen molar-refractivity contribution < 1.29 is 22.0 Å². The predicted molar refractivity (Wildman–Crippen MR) is 74.8 cm³/mol. The monoisotopic (exact) mass is 316 g/mol. The van der Waals surface area contributed by atoms with Crippen LogP contribution in [-0.2, 0) is 11.4 Å². The molecular weight excluding hydrogens is 308 g/mol. The van der Waals surface area contributed by atoms with Crippen LogP contribution in [-0.4, -0.2) is 4.21 Å². The van der Waals surface area contributed by atoms with Gasteiger partial charge in [-0.15, -0.1) is 10.5 Å². The van der Waals surface area contributed by atoms with Gasteiger partial charge in [-0.1, -0.05) is 0 Å². The maximum absolute atomic E-state index is 11.7. The van der Waals surface area contributed by atoms with Gasteiger partial charge in [-0.3, -0.25) is 0 Å². The molecule has 0 aromatic heterocycles. The molecule has 2 aromatic rings. The molecule has 7 nitrogen and oxygen atoms in total. The van der Waals surface area contributed by atoms with Crippen LogP contribution in [0.5, 0.6) is 23.0 Å². The number of nitrogens with zero attached hydrogens (tertiary/aromatic N) is 2. The average Bonchev–Trinajstić information content (AvgIpc) is 2.52. The van der Waals surface area contributed by atoms with Crippen LogP contribution in [0.25, 0.3) is 0 Å². The summed E-state index contributed by atoms with van der Waals surface area (Å²) in [4.78, 5) is 0. The zero-order valence-electron chi connectivity index (χ0n) is 11.0. The minimum atomic E-state index is -2.05. The third-order valence-electron chi connectivity index (χ3n) is 2.30. The molecule has 0 aliphatic rings. The van der Waals surface area contributed by atoms with Crippen LogP contribution in [0.3, 0.4) is 0 Å². The Morgan fingerprint density at radius 3 is 1.32 bits per heavy atom. The van der Waals surface area contributed by atoms with Crippen molar-refractivity contribution in [3.05, 3.63) is 48.5 Å². The first-order valence-electron chi connectivity index (χ1n) is 5.81. The maximum Gasteiger partial charge on any atom is 0.417 e. The van der Waals surface area contributed by atoms with Gasteiger partial charge in [0.15, 0.2) is 0 Å². The van der Waals surface area contributed by atoms with Crippen molar-refractivity contribution in [2.45, 2.75) is 0 Å². The molecule has 22 heavy (non-hydrogen) atoms. The Morgan fingerprint density at radius 1 is 0.682 bits per heavy atom. The van der Waals surface area contributed by atoms with E-state index in [4.69, 9.17) is 18.9 Å². The maximum atomic E-state index is 11.7. The first kappa shape index (κ1) is 15.2. The lowest BCUT2D eigenvalue weighted by Gasteiger charge is -2.06. The molecular formula is C14H8N2O5S. The summed E-state index contributed by atoms with van der Waals surface area (Å²) in [6.07, 6.45) is 3.07. The zero-order valence-corrected chi connectivity index (χ0v) is 11.8. The number of benzene rings is 2. The molecule has 110 valence electrons. The van der Waals surface area contributed by atoms with Crippen molar-refractivity contribution >= 4 is 11.4 Å². The molecule has 0 aliphatic carbocycles. The van der Waals surface area contributed by atoms with Crippen molar-refractivity contribution in [2.75, 3.05) is 0 Å². The van der Waals surface area contributed by atoms with Gasteiger partial charge in [-0.25, -0.2) is 0 Å². The lowest BCUT2D eigenvalue weighted by molar-refractivity contribution is 0.458. The minimum absolute atomic E-state index is 0.285. The van der Waals surface area contributed by atoms with E-state index < -0.39 is 11.4 Å². The molecule has 0 atom stereocenters. The highest BCUT2D eigenvalue weighted by atomic mass is 32.2. The number of hydrogen-bond donors (Lipinski definition) is 0. The largest absolute Gasteiger partial charge is 0.417 e. The summed E-state index contributed by atoms with van der Waals surface area (Å²) >= 11 is -2.05. The third kappa shape index (κ3) is 4.40. The normalized spacial score (nSPS) is 9.41. The van der Waals surface area contributed by atoms with Crippen LogP contribution in [0.1, 0.15) is 0 Å². The molecule has 0 N–H and O–H groups in total. The summed E-state index contributed by atoms with van der Waals surface area (Å²) in [5, 5.41) is 16.7. The molecule has 0 fully saturated rings. The summed E-state index contributed by atoms with van der Waals surface area (Å²) in [5.74, 6) is 1.25. The quantitative estimate of drug-likeness (QED) is 0.754. The van der Waals surface area contributed by atoms with Crippen molar-refractivity contribution in [2.24, 2.45) is 0 Å². The second kappa shape index (κ2) is 7.53. The lowest BCUT2D eigenvalue weighted by Crippen LogP contribution is -2.07. The van der Waals surface area contributed by atoms with E-state index in [1.807, 2.05) is 0 Å². The summed E-state index contributed by atoms with van der Waals surface area (Å²) in [7, 11) is 0. The van der Waals surface area contributed by atoms with E-state index >= 15 is 0 Å². The summed E-state index contributed by atoms with van der Waals surface area (Å²) in [6.45, 7) is 0. The second-order valence-corrected chi connectivity index (χ2v) is 4.44. The van der Waals surface area contributed by atoms with E-state index in [0.29, 0.717) is 11.5 Å². The van der Waals surface area contributed by atoms with Gasteiger partial charge in [0, 0.05) is 0 Å². The number of nitriles is 2. The smallest absolute Gasteiger partial charge is 0.388 e. The molecule has 2 rings (SSSR count). The van der Waals surface area contributed by atoms with Gasteiger partial charge in [0.05, 0.1) is 0 Å². The molecule has 0 amide bonds. The average molecular weight is 316 g/mol. The molecule has 0 unspecified atom stereocenters. The first-order chi connectivity index (χ1) is 10.7. The Morgan fingerprint density at radius 2 is 1.00 bits per heavy atom. The first-order valence-corrected chi connectivity index (χ1v) is 6.81. The highest BCUT2D eigenvalue weighted by molar-refractivity contribution is 7.75. The van der Waals surface area contributed by atoms with E-state index in [1.165, 1.54) is 61.0 Å². The molecule has 8 heteroatoms. The van der Waals surface area contributed by atoms with E-state index in [9.17, 15) is 4.21 Å². The summed E-state index contributed by atoms with van der Waals surface area (Å²) in [6, 6.07) is 11.9. The Balaban J connectivity index is 1.92. The van der Waals surface area contributed by atoms with Crippen molar-refractivity contribution in [1.82, 2.24) is 0 Å². The van der Waals surface area contributed by atoms with Gasteiger partial charge in [-0.2, -0.15) is 4.21 Å². The topological polar surface area (TPSA) is 102 Å². The fourth-order valence-electron chi connectivity index (χ4n) is 1.41. The number of rotatable bonds is 6. The highest BCUT2D eigenvalue weighted by Gasteiger charge is 2.07. The molecule has 0 saturated heterocycles. The minimum Gasteiger partial charge on any atom is -0.388 e. The van der Waals surface area contributed by atoms with Crippen molar-refractivity contribution in [3.8, 4) is 35.5 Å². The highest BCUT2D eigenvalue weighted by Crippen LogP contribution is 2.21. The van der Waals surface area contributed by atoms with Crippen molar-refractivity contribution in [1.29, 1.82) is 10.5 Å². The number of hydrogen-bond acceptors (Lipinski definition) is 7. The second-order valence-electron chi connectivity index (χ2n) is 3.70. The van der Waals surface area contributed by atoms with E-state index in [-0.39, 0.29) is 11.5 Å². The third-order valence-corrected chi connectivity index (χ3v) is 2.96. The van der Waals surface area contributed by atoms with Gasteiger partial charge in [0.25, 0.3) is 12.5 Å². The summed E-state index contributed by atoms with van der Waals surface area (Å²) < 4.78 is 31.0. The van der Waals surface area contributed by atoms with Crippen molar-refractivity contribution in [3.63, 3.8) is 0 Å². The van der Waals surface area contributed by atoms with Gasteiger partial charge < -0.3 is 17.8 Å². The van der Waals surface area contributed by atoms with Crippen LogP contribution < -0.4 is 17.8 Å². The molecule has 0 radical (unpaired) electrons. The van der Waals surface area contributed by atoms with Crippen LogP contribution >= 0.6 is 0 Å². The fraction of sp³-hybridized carbons (Fsp3) is 0. The van der Waals surface area contributed by atoms with Gasteiger partial charge >= 0.3 is 11.4 Å². The Kier molecular flexibility index (Phi) is 5.19. The van der Waals surface area contributed by atoms with Gasteiger partial charge in [-0.05, 0) is 48.5 Å². The Bertz CT molecular complexity index is 668. The van der Waals surface area contributed by atoms with Crippen LogP contribution in [0.2, 0.25) is 0 Å². The molecule has 0 heterocycles. The Labute approximate surface area is 128 Å². The molecule has 0 saturated carbocycles. The van der Waals surface area contributed by atoms with Crippen LogP contribution in [0.15, 0.2) is 48.5 Å². The van der Waals surface area contributed by atoms with E-state index in [1.54, 1.807) is 0 Å². The zero-order chi connectivity index (χ0) is 15.8. The Hall–Kier alpha value is -3.23. The van der Waals surface area contributed by atoms with E-state index in [0.717, 1.165) is 0 Å². The molecule has 0 bridgehead atoms. The fourth-order valence-corrected chi connectivity index (χ4v) is 1.98. The molecule has 0 aliphatic heterocycles. The summed E-state index contributed by atoms with van der Waals surface area (Å²) in [5.41, 5.74) is 0. The van der Waals surface area contributed by atoms with Crippen LogP contribution in [0.4, 0.5) is 0 Å². The SMILES string of the molecule is N#COc1ccc(OS(=O)Oc2ccc(OC#N)cc2)cc1. The van der Waals surface area contributed by atoms with Gasteiger partial charge in [0.1, 0.15) is 23.0 Å². The number of ether oxygens (including phenoxy) is 2. The van der Waals surface area contributed by atoms with Crippen LogP contribution in [0, 0.1) is 23.0 Å². The van der Waals surface area contributed by atoms with E-state index in [2.05, 4.69) is 9.47 Å². The van der Waals surface area contributed by atoms with Gasteiger partial charge in [0.2, 0.25) is 0 Å². The lowest BCUT2D eigenvalue weighted by atomic mass is 10.3. The standard InChI is InChI=1S/C14H8N2O5S/c15-9-18-11-1-5-13(6-2-11)20-22(17)21-14-7-3-12(4-8-14)19-10-16/h1-8H. The molecule has 0 spiro atoms. The predicted octanol–water partition coefficient (Wildman–Crippen LogP) is 2.44.